The van der Waals surface area contributed by atoms with E-state index in [1.165, 1.54) is 18.2 Å². The van der Waals surface area contributed by atoms with Crippen LogP contribution in [0.3, 0.4) is 0 Å². The molecule has 1 rings (SSSR count). The zero-order chi connectivity index (χ0) is 12.8. The summed E-state index contributed by atoms with van der Waals surface area (Å²) in [4.78, 5) is 21.7. The molecule has 0 heterocycles. The van der Waals surface area contributed by atoms with Gasteiger partial charge in [0, 0.05) is 0 Å². The second kappa shape index (κ2) is 5.55. The van der Waals surface area contributed by atoms with E-state index in [1.54, 1.807) is 0 Å². The molecular weight excluding hydrogens is 226 g/mol. The monoisotopic (exact) mass is 237 g/mol. The average molecular weight is 237 g/mol. The minimum absolute atomic E-state index is 0.0415. The van der Waals surface area contributed by atoms with Gasteiger partial charge in [-0.2, -0.15) is 0 Å². The first-order valence-corrected chi connectivity index (χ1v) is 4.65. The van der Waals surface area contributed by atoms with Crippen LogP contribution in [0, 0.1) is 0 Å². The predicted octanol–water partition coefficient (Wildman–Crippen LogP) is 1.82. The highest BCUT2D eigenvalue weighted by molar-refractivity contribution is 5.91. The molecule has 1 aromatic rings. The lowest BCUT2D eigenvalue weighted by molar-refractivity contribution is 0.0696. The normalized spacial score (nSPS) is 9.41. The first-order valence-electron chi connectivity index (χ1n) is 4.65. The summed E-state index contributed by atoms with van der Waals surface area (Å²) in [6.07, 6.45) is 0.635. The maximum absolute atomic E-state index is 11.1. The van der Waals surface area contributed by atoms with Gasteiger partial charge in [-0.15, -0.1) is 0 Å². The van der Waals surface area contributed by atoms with E-state index in [1.807, 2.05) is 0 Å². The number of carboxylic acids is 1. The topological polar surface area (TPSA) is 95.9 Å². The quantitative estimate of drug-likeness (QED) is 0.548. The van der Waals surface area contributed by atoms with Crippen molar-refractivity contribution >= 4 is 17.7 Å². The van der Waals surface area contributed by atoms with Gasteiger partial charge in [-0.1, -0.05) is 12.7 Å². The van der Waals surface area contributed by atoms with Crippen LogP contribution >= 0.6 is 0 Å². The molecule has 0 bridgehead atoms. The molecule has 1 amide bonds. The van der Waals surface area contributed by atoms with E-state index in [9.17, 15) is 14.7 Å². The second-order valence-electron chi connectivity index (χ2n) is 3.05. The summed E-state index contributed by atoms with van der Waals surface area (Å²) >= 11 is 0. The van der Waals surface area contributed by atoms with E-state index < -0.39 is 12.1 Å². The molecule has 90 valence electrons. The van der Waals surface area contributed by atoms with Crippen molar-refractivity contribution in [2.75, 3.05) is 11.9 Å². The van der Waals surface area contributed by atoms with Gasteiger partial charge in [-0.05, 0) is 18.2 Å². The van der Waals surface area contributed by atoms with Gasteiger partial charge in [0.25, 0.3) is 0 Å². The number of nitrogens with one attached hydrogen (secondary N) is 1. The van der Waals surface area contributed by atoms with Crippen molar-refractivity contribution in [3.8, 4) is 5.75 Å². The minimum Gasteiger partial charge on any atom is -0.506 e. The summed E-state index contributed by atoms with van der Waals surface area (Å²) in [5.41, 5.74) is -0.00317. The van der Waals surface area contributed by atoms with E-state index >= 15 is 0 Å². The van der Waals surface area contributed by atoms with Crippen LogP contribution in [0.25, 0.3) is 0 Å². The number of carbonyl (C=O) groups excluding carboxylic acids is 1. The summed E-state index contributed by atoms with van der Waals surface area (Å²) in [6.45, 7) is 3.41. The van der Waals surface area contributed by atoms with Crippen molar-refractivity contribution in [3.63, 3.8) is 0 Å². The third-order valence-corrected chi connectivity index (χ3v) is 1.81. The lowest BCUT2D eigenvalue weighted by Crippen LogP contribution is -2.13. The lowest BCUT2D eigenvalue weighted by Gasteiger charge is -2.07. The van der Waals surface area contributed by atoms with Gasteiger partial charge < -0.3 is 14.9 Å². The van der Waals surface area contributed by atoms with Crippen LogP contribution in [0.5, 0.6) is 5.75 Å². The number of hydrogen-bond acceptors (Lipinski definition) is 4. The number of phenolic OH excluding ortho intramolecular Hbond substituents is 1. The zero-order valence-electron chi connectivity index (χ0n) is 8.84. The maximum atomic E-state index is 11.1. The van der Waals surface area contributed by atoms with Gasteiger partial charge in [-0.3, -0.25) is 5.32 Å². The molecule has 0 saturated carbocycles. The number of hydrogen-bond donors (Lipinski definition) is 3. The van der Waals surface area contributed by atoms with E-state index in [4.69, 9.17) is 5.11 Å². The summed E-state index contributed by atoms with van der Waals surface area (Å²) in [6, 6.07) is 3.56. The van der Waals surface area contributed by atoms with Crippen molar-refractivity contribution < 1.29 is 24.5 Å². The Morgan fingerprint density at radius 2 is 2.18 bits per heavy atom. The minimum atomic E-state index is -1.17. The molecule has 0 spiro atoms. The smallest absolute Gasteiger partial charge is 0.412 e. The van der Waals surface area contributed by atoms with Gasteiger partial charge in [0.1, 0.15) is 12.4 Å². The van der Waals surface area contributed by atoms with E-state index in [-0.39, 0.29) is 23.6 Å². The van der Waals surface area contributed by atoms with Crippen LogP contribution in [0.4, 0.5) is 10.5 Å². The van der Waals surface area contributed by atoms with Crippen LogP contribution < -0.4 is 5.32 Å². The van der Waals surface area contributed by atoms with Crippen LogP contribution in [0.2, 0.25) is 0 Å². The molecule has 0 aliphatic heterocycles. The fourth-order valence-corrected chi connectivity index (χ4v) is 1.05. The van der Waals surface area contributed by atoms with Crippen molar-refractivity contribution in [1.29, 1.82) is 0 Å². The Labute approximate surface area is 97.1 Å². The van der Waals surface area contributed by atoms with Gasteiger partial charge in [0.2, 0.25) is 0 Å². The van der Waals surface area contributed by atoms with Crippen molar-refractivity contribution in [1.82, 2.24) is 0 Å². The molecule has 0 unspecified atom stereocenters. The summed E-state index contributed by atoms with van der Waals surface area (Å²) in [5, 5.41) is 20.4. The van der Waals surface area contributed by atoms with Gasteiger partial charge in [-0.25, -0.2) is 9.59 Å². The Morgan fingerprint density at radius 1 is 1.47 bits per heavy atom. The molecule has 0 aliphatic rings. The number of carbonyl (C=O) groups is 2. The molecule has 0 atom stereocenters. The number of carboxylic acid groups (broad SMARTS) is 1. The molecule has 6 nitrogen and oxygen atoms in total. The molecule has 1 aromatic carbocycles. The fraction of sp³-hybridized carbons (Fsp3) is 0.0909. The van der Waals surface area contributed by atoms with E-state index in [2.05, 4.69) is 16.6 Å². The number of benzene rings is 1. The van der Waals surface area contributed by atoms with Crippen LogP contribution in [0.15, 0.2) is 30.9 Å². The van der Waals surface area contributed by atoms with Crippen LogP contribution in [0.1, 0.15) is 10.4 Å². The Hall–Kier alpha value is -2.50. The average Bonchev–Trinajstić information content (AvgIpc) is 2.28. The van der Waals surface area contributed by atoms with Gasteiger partial charge in [0.15, 0.2) is 0 Å². The molecule has 0 aromatic heterocycles. The number of aromatic carboxylic acids is 1. The Morgan fingerprint density at radius 3 is 2.71 bits per heavy atom. The lowest BCUT2D eigenvalue weighted by atomic mass is 10.2. The number of amides is 1. The highest BCUT2D eigenvalue weighted by Crippen LogP contribution is 2.24. The van der Waals surface area contributed by atoms with Crippen LogP contribution in [-0.4, -0.2) is 28.9 Å². The third kappa shape index (κ3) is 3.53. The number of anilines is 1. The van der Waals surface area contributed by atoms with Crippen LogP contribution in [-0.2, 0) is 4.74 Å². The van der Waals surface area contributed by atoms with Crippen molar-refractivity contribution in [2.45, 2.75) is 0 Å². The highest BCUT2D eigenvalue weighted by Gasteiger charge is 2.10. The molecule has 3 N–H and O–H groups in total. The largest absolute Gasteiger partial charge is 0.506 e. The van der Waals surface area contributed by atoms with E-state index in [0.717, 1.165) is 6.07 Å². The summed E-state index contributed by atoms with van der Waals surface area (Å²) in [5.74, 6) is -1.51. The van der Waals surface area contributed by atoms with Crippen molar-refractivity contribution in [2.24, 2.45) is 0 Å². The zero-order valence-corrected chi connectivity index (χ0v) is 8.84. The number of phenols is 1. The van der Waals surface area contributed by atoms with E-state index in [0.29, 0.717) is 0 Å². The predicted molar refractivity (Wildman–Crippen MR) is 60.2 cm³/mol. The molecular formula is C11H11NO5. The molecule has 0 saturated heterocycles. The molecule has 0 fully saturated rings. The van der Waals surface area contributed by atoms with Gasteiger partial charge >= 0.3 is 12.1 Å². The summed E-state index contributed by atoms with van der Waals surface area (Å²) in [7, 11) is 0. The molecule has 17 heavy (non-hydrogen) atoms. The third-order valence-electron chi connectivity index (χ3n) is 1.81. The Kier molecular flexibility index (Phi) is 4.10. The maximum Gasteiger partial charge on any atom is 0.412 e. The number of ether oxygens (including phenoxy) is 1. The first-order chi connectivity index (χ1) is 8.04. The molecule has 6 heteroatoms. The SMILES string of the molecule is C=CCOC(=O)Nc1ccc(C(=O)O)cc1O. The number of rotatable bonds is 4. The molecule has 0 aliphatic carbocycles. The van der Waals surface area contributed by atoms with Crippen molar-refractivity contribution in [3.05, 3.63) is 36.4 Å². The van der Waals surface area contributed by atoms with Gasteiger partial charge in [0.05, 0.1) is 11.3 Å². The Bertz CT molecular complexity index is 455. The first kappa shape index (κ1) is 12.6. The number of aromatic hydroxyl groups is 1. The molecule has 0 radical (unpaired) electrons. The summed E-state index contributed by atoms with van der Waals surface area (Å²) < 4.78 is 4.63. The standard InChI is InChI=1S/C11H11NO5/c1-2-5-17-11(16)12-8-4-3-7(10(14)15)6-9(8)13/h2-4,6,13H,1,5H2,(H,12,16)(H,14,15). The second-order valence-corrected chi connectivity index (χ2v) is 3.05. The fourth-order valence-electron chi connectivity index (χ4n) is 1.05. The Balaban J connectivity index is 2.75. The highest BCUT2D eigenvalue weighted by atomic mass is 16.5.